The topological polar surface area (TPSA) is 6.48 Å². The molecule has 0 aliphatic carbocycles. The van der Waals surface area contributed by atoms with Crippen LogP contribution in [0.3, 0.4) is 0 Å². The molecule has 11 rings (SSSR count). The van der Waals surface area contributed by atoms with Crippen LogP contribution in [-0.4, -0.2) is 45.0 Å². The lowest BCUT2D eigenvalue weighted by atomic mass is 10.00. The molecule has 0 amide bonds. The Morgan fingerprint density at radius 1 is 0.259 bits per heavy atom. The standard InChI is InChI=1S/C52H38N2S2Si2/c1-7-23-39(24-8-1)49-45-35-19-21-37-47(45)51(55-49)53-57(41-27-11-3-12-28-41,42-29-13-4-14-30-42)54(58(53,43-31-15-5-16-32-43)44-33-17-6-18-34-44)52-48-38-22-20-36-46(48)50(56-52)40-25-9-2-10-26-40/h1-38H. The molecule has 3 aliphatic heterocycles. The van der Waals surface area contributed by atoms with Crippen LogP contribution >= 0.6 is 21.9 Å². The van der Waals surface area contributed by atoms with Crippen molar-refractivity contribution in [2.24, 2.45) is 0 Å². The van der Waals surface area contributed by atoms with Crippen LogP contribution < -0.4 is 20.7 Å². The molecule has 0 radical (unpaired) electrons. The summed E-state index contributed by atoms with van der Waals surface area (Å²) in [4.78, 5) is 5.30. The van der Waals surface area contributed by atoms with E-state index in [-0.39, 0.29) is 0 Å². The van der Waals surface area contributed by atoms with Crippen molar-refractivity contribution in [3.63, 3.8) is 0 Å². The van der Waals surface area contributed by atoms with Gasteiger partial charge in [0, 0.05) is 32.0 Å². The highest BCUT2D eigenvalue weighted by molar-refractivity contribution is 8.00. The summed E-state index contributed by atoms with van der Waals surface area (Å²) in [6.07, 6.45) is 0. The molecule has 3 heterocycles. The Morgan fingerprint density at radius 3 is 0.793 bits per heavy atom. The van der Waals surface area contributed by atoms with Gasteiger partial charge in [-0.15, -0.1) is 21.9 Å². The molecule has 1 fully saturated rings. The van der Waals surface area contributed by atoms with E-state index >= 15 is 0 Å². The summed E-state index contributed by atoms with van der Waals surface area (Å²) >= 11 is 0. The van der Waals surface area contributed by atoms with E-state index in [4.69, 9.17) is 0 Å². The summed E-state index contributed by atoms with van der Waals surface area (Å²) < 4.78 is 6.12. The molecule has 0 spiro atoms. The molecule has 58 heavy (non-hydrogen) atoms. The molecule has 0 bridgehead atoms. The van der Waals surface area contributed by atoms with Gasteiger partial charge in [-0.05, 0) is 31.9 Å². The van der Waals surface area contributed by atoms with Crippen LogP contribution in [0.2, 0.25) is 0 Å². The Kier molecular flexibility index (Phi) is 8.77. The first-order valence-corrected chi connectivity index (χ1v) is 25.2. The van der Waals surface area contributed by atoms with E-state index in [1.807, 2.05) is 21.9 Å². The van der Waals surface area contributed by atoms with Gasteiger partial charge in [-0.2, -0.15) is 0 Å². The lowest BCUT2D eigenvalue weighted by molar-refractivity contribution is 0.666. The third kappa shape index (κ3) is 5.20. The SMILES string of the molecule is c1ccc(C2=S=C(N3[Si](c4ccccc4)(c4ccccc4)N(C4=S=C(c5ccccc5)c5ccccc54)[Si]3(c3ccccc3)c3ccccc3)c3ccccc32)cc1. The average molecular weight is 811 g/mol. The monoisotopic (exact) mass is 810 g/mol. The van der Waals surface area contributed by atoms with Gasteiger partial charge in [-0.25, -0.2) is 0 Å². The number of nitrogens with zero attached hydrogens (tertiary/aromatic N) is 2. The molecule has 2 nitrogen and oxygen atoms in total. The first kappa shape index (κ1) is 35.2. The molecule has 276 valence electrons. The molecular weight excluding hydrogens is 773 g/mol. The molecule has 0 unspecified atom stereocenters. The average Bonchev–Trinajstić information content (AvgIpc) is 3.87. The first-order chi connectivity index (χ1) is 28.8. The largest absolute Gasteiger partial charge is 0.272 e. The smallest absolute Gasteiger partial charge is 0.268 e. The van der Waals surface area contributed by atoms with Crippen molar-refractivity contribution < 1.29 is 0 Å². The highest BCUT2D eigenvalue weighted by Gasteiger charge is 2.77. The maximum atomic E-state index is 3.06. The zero-order valence-electron chi connectivity index (χ0n) is 31.7. The number of fused-ring (bicyclic) bond motifs is 2. The minimum Gasteiger partial charge on any atom is -0.268 e. The van der Waals surface area contributed by atoms with Gasteiger partial charge in [0.2, 0.25) is 0 Å². The van der Waals surface area contributed by atoms with Crippen molar-refractivity contribution >= 4 is 79.1 Å². The van der Waals surface area contributed by atoms with Crippen molar-refractivity contribution in [1.82, 2.24) is 8.46 Å². The Labute approximate surface area is 349 Å². The van der Waals surface area contributed by atoms with Crippen LogP contribution in [0.25, 0.3) is 0 Å². The van der Waals surface area contributed by atoms with E-state index in [2.05, 4.69) is 239 Å². The van der Waals surface area contributed by atoms with Crippen molar-refractivity contribution in [2.75, 3.05) is 0 Å². The van der Waals surface area contributed by atoms with Gasteiger partial charge in [-0.3, -0.25) is 8.46 Å². The van der Waals surface area contributed by atoms with Crippen LogP contribution in [0.5, 0.6) is 0 Å². The molecule has 3 aliphatic rings. The second-order valence-electron chi connectivity index (χ2n) is 14.8. The van der Waals surface area contributed by atoms with E-state index in [0.717, 1.165) is 0 Å². The van der Waals surface area contributed by atoms with E-state index in [1.54, 1.807) is 0 Å². The Balaban J connectivity index is 1.36. The van der Waals surface area contributed by atoms with Gasteiger partial charge in [-0.1, -0.05) is 231 Å². The number of hydrogen-bond donors (Lipinski definition) is 0. The van der Waals surface area contributed by atoms with Crippen LogP contribution in [0.4, 0.5) is 0 Å². The Bertz CT molecular complexity index is 2670. The Hall–Kier alpha value is -5.97. The summed E-state index contributed by atoms with van der Waals surface area (Å²) in [6.45, 7) is 0. The Morgan fingerprint density at radius 2 is 0.500 bits per heavy atom. The summed E-state index contributed by atoms with van der Waals surface area (Å²) in [5.74, 6) is 0. The molecule has 0 aromatic heterocycles. The fourth-order valence-corrected chi connectivity index (χ4v) is 28.5. The van der Waals surface area contributed by atoms with Crippen LogP contribution in [0.15, 0.2) is 231 Å². The zero-order chi connectivity index (χ0) is 38.5. The minimum atomic E-state index is -3.20. The summed E-state index contributed by atoms with van der Waals surface area (Å²) in [5, 5.41) is 5.48. The third-order valence-corrected chi connectivity index (χ3v) is 26.8. The first-order valence-electron chi connectivity index (χ1n) is 19.8. The number of hydrogen-bond acceptors (Lipinski definition) is 2. The van der Waals surface area contributed by atoms with E-state index in [1.165, 1.54) is 73.8 Å². The molecule has 8 aromatic carbocycles. The quantitative estimate of drug-likeness (QED) is 0.124. The molecule has 0 N–H and O–H groups in total. The van der Waals surface area contributed by atoms with Gasteiger partial charge in [0.15, 0.2) is 0 Å². The van der Waals surface area contributed by atoms with E-state index < -0.39 is 16.8 Å². The fourth-order valence-electron chi connectivity index (χ4n) is 9.35. The second kappa shape index (κ2) is 14.4. The lowest BCUT2D eigenvalue weighted by Crippen LogP contribution is -3.07. The predicted octanol–water partition coefficient (Wildman–Crippen LogP) is 8.10. The number of benzene rings is 8. The highest BCUT2D eigenvalue weighted by atomic mass is 32.1. The molecule has 8 aromatic rings. The van der Waals surface area contributed by atoms with E-state index in [9.17, 15) is 0 Å². The van der Waals surface area contributed by atoms with Gasteiger partial charge >= 0.3 is 0 Å². The lowest BCUT2D eigenvalue weighted by Gasteiger charge is -2.71. The second-order valence-corrected chi connectivity index (χ2v) is 24.5. The maximum Gasteiger partial charge on any atom is 0.272 e. The predicted molar refractivity (Wildman–Crippen MR) is 255 cm³/mol. The van der Waals surface area contributed by atoms with Gasteiger partial charge in [0.25, 0.3) is 16.8 Å². The molecular formula is C52H38N2S2Si2. The summed E-state index contributed by atoms with van der Waals surface area (Å²) in [5.41, 5.74) is 7.71. The summed E-state index contributed by atoms with van der Waals surface area (Å²) in [7, 11) is -2.46. The van der Waals surface area contributed by atoms with Crippen LogP contribution in [-0.2, 0) is 0 Å². The van der Waals surface area contributed by atoms with Crippen molar-refractivity contribution in [3.05, 3.63) is 264 Å². The summed E-state index contributed by atoms with van der Waals surface area (Å²) in [6, 6.07) is 86.2. The van der Waals surface area contributed by atoms with Crippen LogP contribution in [0, 0.1) is 0 Å². The van der Waals surface area contributed by atoms with Crippen molar-refractivity contribution in [3.8, 4) is 0 Å². The minimum absolute atomic E-state index is 1.25. The normalized spacial score (nSPS) is 16.6. The molecule has 1 saturated heterocycles. The van der Waals surface area contributed by atoms with Gasteiger partial charge in [0.05, 0.1) is 9.98 Å². The van der Waals surface area contributed by atoms with Crippen LogP contribution in [0.1, 0.15) is 33.4 Å². The van der Waals surface area contributed by atoms with Crippen molar-refractivity contribution in [2.45, 2.75) is 0 Å². The molecule has 6 heteroatoms. The third-order valence-electron chi connectivity index (χ3n) is 11.7. The molecule has 0 saturated carbocycles. The highest BCUT2D eigenvalue weighted by Crippen LogP contribution is 2.45. The maximum absolute atomic E-state index is 3.20. The molecule has 0 atom stereocenters. The fraction of sp³-hybridized carbons (Fsp3) is 0. The van der Waals surface area contributed by atoms with E-state index in [0.29, 0.717) is 0 Å². The van der Waals surface area contributed by atoms with Gasteiger partial charge < -0.3 is 0 Å². The number of rotatable bonds is 6. The zero-order valence-corrected chi connectivity index (χ0v) is 35.3. The van der Waals surface area contributed by atoms with Crippen molar-refractivity contribution in [1.29, 1.82) is 0 Å². The van der Waals surface area contributed by atoms with Gasteiger partial charge in [0.1, 0.15) is 0 Å².